The van der Waals surface area contributed by atoms with Crippen molar-refractivity contribution >= 4 is 27.3 Å². The van der Waals surface area contributed by atoms with E-state index >= 15 is 4.39 Å². The summed E-state index contributed by atoms with van der Waals surface area (Å²) in [6.45, 7) is 8.17. The number of hydrogen-bond donors (Lipinski definition) is 0. The lowest BCUT2D eigenvalue weighted by Crippen LogP contribution is -2.40. The third-order valence-corrected chi connectivity index (χ3v) is 9.25. The molecule has 0 saturated heterocycles. The first-order valence-corrected chi connectivity index (χ1v) is 16.5. The fourth-order valence-electron chi connectivity index (χ4n) is 5.90. The topological polar surface area (TPSA) is 82.0 Å². The number of fused-ring (bicyclic) bond motifs is 2. The molecule has 0 saturated carbocycles. The Kier molecular flexibility index (Phi) is 9.86. The second-order valence-electron chi connectivity index (χ2n) is 11.7. The molecule has 4 heterocycles. The molecule has 1 unspecified atom stereocenters. The number of rotatable bonds is 12. The molecule has 0 N–H and O–H groups in total. The number of carbonyl (C=O) groups is 1. The number of pyridine rings is 1. The molecule has 5 aromatic rings. The number of hydrogen-bond acceptors (Lipinski definition) is 8. The average Bonchev–Trinajstić information content (AvgIpc) is 3.73. The number of ether oxygens (including phenoxy) is 3. The van der Waals surface area contributed by atoms with Gasteiger partial charge in [-0.2, -0.15) is 5.10 Å². The SMILES string of the molecule is C=CC(=O)N1CCn2nc(-c3nc(-c4ccc(OCCN(C)C)cc4)c4ccsc4c3-c3c(F)cc(F)cc3OCCOC)cc2C1C. The van der Waals surface area contributed by atoms with E-state index in [2.05, 4.69) is 11.5 Å². The van der Waals surface area contributed by atoms with Gasteiger partial charge in [-0.15, -0.1) is 11.3 Å². The van der Waals surface area contributed by atoms with E-state index in [0.29, 0.717) is 42.3 Å². The van der Waals surface area contributed by atoms with Crippen LogP contribution in [0.1, 0.15) is 18.7 Å². The Balaban J connectivity index is 1.55. The molecule has 250 valence electrons. The summed E-state index contributed by atoms with van der Waals surface area (Å²) < 4.78 is 50.3. The number of halogens is 2. The first-order valence-electron chi connectivity index (χ1n) is 15.6. The molecule has 12 heteroatoms. The molecule has 0 spiro atoms. The van der Waals surface area contributed by atoms with Crippen LogP contribution in [0.2, 0.25) is 0 Å². The molecule has 48 heavy (non-hydrogen) atoms. The van der Waals surface area contributed by atoms with Crippen molar-refractivity contribution in [1.82, 2.24) is 24.6 Å². The van der Waals surface area contributed by atoms with Crippen molar-refractivity contribution in [3.8, 4) is 45.3 Å². The maximum atomic E-state index is 16.1. The fourth-order valence-corrected chi connectivity index (χ4v) is 6.84. The highest BCUT2D eigenvalue weighted by molar-refractivity contribution is 7.18. The highest BCUT2D eigenvalue weighted by atomic mass is 32.1. The van der Waals surface area contributed by atoms with Crippen LogP contribution in [0.5, 0.6) is 11.5 Å². The van der Waals surface area contributed by atoms with Gasteiger partial charge in [0, 0.05) is 53.5 Å². The van der Waals surface area contributed by atoms with Crippen LogP contribution in [0.15, 0.2) is 66.6 Å². The predicted molar refractivity (Wildman–Crippen MR) is 183 cm³/mol. The van der Waals surface area contributed by atoms with Crippen LogP contribution in [0.25, 0.3) is 43.9 Å². The molecule has 6 rings (SSSR count). The van der Waals surface area contributed by atoms with Gasteiger partial charge >= 0.3 is 0 Å². The molecule has 9 nitrogen and oxygen atoms in total. The molecule has 2 aromatic carbocycles. The van der Waals surface area contributed by atoms with Gasteiger partial charge in [0.1, 0.15) is 47.7 Å². The molecule has 1 atom stereocenters. The zero-order valence-corrected chi connectivity index (χ0v) is 28.2. The third-order valence-electron chi connectivity index (χ3n) is 8.32. The highest BCUT2D eigenvalue weighted by Gasteiger charge is 2.31. The molecule has 1 amide bonds. The van der Waals surface area contributed by atoms with Crippen molar-refractivity contribution in [3.63, 3.8) is 0 Å². The van der Waals surface area contributed by atoms with Crippen LogP contribution in [0.3, 0.4) is 0 Å². The zero-order chi connectivity index (χ0) is 33.9. The number of nitrogens with zero attached hydrogens (tertiary/aromatic N) is 5. The molecular formula is C36H37F2N5O4S. The molecule has 1 aliphatic heterocycles. The largest absolute Gasteiger partial charge is 0.492 e. The van der Waals surface area contributed by atoms with E-state index in [4.69, 9.17) is 24.3 Å². The van der Waals surface area contributed by atoms with Crippen LogP contribution in [0, 0.1) is 11.6 Å². The van der Waals surface area contributed by atoms with Gasteiger partial charge in [0.25, 0.3) is 0 Å². The van der Waals surface area contributed by atoms with E-state index in [1.165, 1.54) is 30.6 Å². The van der Waals surface area contributed by atoms with Crippen molar-refractivity contribution < 1.29 is 27.8 Å². The van der Waals surface area contributed by atoms with E-state index in [9.17, 15) is 9.18 Å². The first kappa shape index (κ1) is 33.3. The number of thiophene rings is 1. The lowest BCUT2D eigenvalue weighted by Gasteiger charge is -2.33. The van der Waals surface area contributed by atoms with Gasteiger partial charge in [-0.1, -0.05) is 6.58 Å². The summed E-state index contributed by atoms with van der Waals surface area (Å²) in [5.41, 5.74) is 3.75. The Labute approximate surface area is 282 Å². The quantitative estimate of drug-likeness (QED) is 0.106. The molecule has 0 radical (unpaired) electrons. The van der Waals surface area contributed by atoms with Gasteiger partial charge in [0.15, 0.2) is 0 Å². The van der Waals surface area contributed by atoms with Crippen LogP contribution in [0.4, 0.5) is 8.78 Å². The fraction of sp³-hybridized carbons (Fsp3) is 0.306. The van der Waals surface area contributed by atoms with Crippen LogP contribution >= 0.6 is 11.3 Å². The Bertz CT molecular complexity index is 1960. The normalized spacial score (nSPS) is 14.4. The molecule has 3 aromatic heterocycles. The summed E-state index contributed by atoms with van der Waals surface area (Å²) in [5, 5.41) is 7.65. The number of likely N-dealkylation sites (N-methyl/N-ethyl adjacent to an activating group) is 1. The molecule has 0 bridgehead atoms. The lowest BCUT2D eigenvalue weighted by atomic mass is 9.96. The van der Waals surface area contributed by atoms with E-state index < -0.39 is 11.6 Å². The molecule has 1 aliphatic rings. The highest BCUT2D eigenvalue weighted by Crippen LogP contribution is 2.47. The summed E-state index contributed by atoms with van der Waals surface area (Å²) in [7, 11) is 5.51. The number of aromatic nitrogens is 3. The summed E-state index contributed by atoms with van der Waals surface area (Å²) in [6.07, 6.45) is 1.31. The van der Waals surface area contributed by atoms with Crippen molar-refractivity contribution in [2.45, 2.75) is 19.5 Å². The van der Waals surface area contributed by atoms with Crippen LogP contribution in [-0.4, -0.2) is 84.6 Å². The van der Waals surface area contributed by atoms with Gasteiger partial charge in [0.2, 0.25) is 5.91 Å². The smallest absolute Gasteiger partial charge is 0.246 e. The molecular weight excluding hydrogens is 636 g/mol. The van der Waals surface area contributed by atoms with Gasteiger partial charge in [-0.25, -0.2) is 13.8 Å². The van der Waals surface area contributed by atoms with Crippen molar-refractivity contribution in [2.24, 2.45) is 0 Å². The Morgan fingerprint density at radius 2 is 1.83 bits per heavy atom. The van der Waals surface area contributed by atoms with Crippen LogP contribution < -0.4 is 9.47 Å². The van der Waals surface area contributed by atoms with E-state index in [-0.39, 0.29) is 36.5 Å². The number of methoxy groups -OCH3 is 1. The van der Waals surface area contributed by atoms with Gasteiger partial charge in [-0.3, -0.25) is 9.48 Å². The second kappa shape index (κ2) is 14.2. The summed E-state index contributed by atoms with van der Waals surface area (Å²) in [4.78, 5) is 21.6. The number of benzene rings is 2. The minimum Gasteiger partial charge on any atom is -0.492 e. The van der Waals surface area contributed by atoms with Gasteiger partial charge in [0.05, 0.1) is 36.1 Å². The minimum atomic E-state index is -0.785. The zero-order valence-electron chi connectivity index (χ0n) is 27.3. The lowest BCUT2D eigenvalue weighted by molar-refractivity contribution is -0.129. The molecule has 0 fully saturated rings. The Morgan fingerprint density at radius 3 is 2.56 bits per heavy atom. The van der Waals surface area contributed by atoms with Crippen molar-refractivity contribution in [3.05, 3.63) is 83.9 Å². The summed E-state index contributed by atoms with van der Waals surface area (Å²) in [6, 6.07) is 13.3. The van der Waals surface area contributed by atoms with E-state index in [0.717, 1.165) is 39.7 Å². The summed E-state index contributed by atoms with van der Waals surface area (Å²) >= 11 is 1.43. The number of carbonyl (C=O) groups excluding carboxylic acids is 1. The maximum absolute atomic E-state index is 16.1. The Morgan fingerprint density at radius 1 is 1.04 bits per heavy atom. The van der Waals surface area contributed by atoms with E-state index in [1.807, 2.05) is 67.5 Å². The second-order valence-corrected chi connectivity index (χ2v) is 12.6. The van der Waals surface area contributed by atoms with E-state index in [1.54, 1.807) is 4.90 Å². The maximum Gasteiger partial charge on any atom is 0.246 e. The van der Waals surface area contributed by atoms with Crippen LogP contribution in [-0.2, 0) is 16.1 Å². The minimum absolute atomic E-state index is 0.0365. The number of amides is 1. The monoisotopic (exact) mass is 673 g/mol. The standard InChI is InChI=1S/C36H37F2N5O4S/c1-6-31(44)42-12-13-43-29(22(42)2)21-28(40-43)35-33(32-27(38)19-24(37)20-30(32)47-17-16-45-5)36-26(11-18-48-36)34(39-35)23-7-9-25(10-8-23)46-15-14-41(3)4/h6-11,18-22H,1,12-17H2,2-5H3. The molecule has 0 aliphatic carbocycles. The third kappa shape index (κ3) is 6.55. The first-order chi connectivity index (χ1) is 23.2. The van der Waals surface area contributed by atoms with Gasteiger partial charge in [-0.05, 0) is 68.9 Å². The summed E-state index contributed by atoms with van der Waals surface area (Å²) in [5.74, 6) is -0.942. The predicted octanol–water partition coefficient (Wildman–Crippen LogP) is 6.83. The van der Waals surface area contributed by atoms with Crippen molar-refractivity contribution in [1.29, 1.82) is 0 Å². The van der Waals surface area contributed by atoms with Crippen molar-refractivity contribution in [2.75, 3.05) is 54.1 Å². The average molecular weight is 674 g/mol. The Hall–Kier alpha value is -4.65. The van der Waals surface area contributed by atoms with Gasteiger partial charge < -0.3 is 24.0 Å².